The maximum absolute atomic E-state index is 11.4. The van der Waals surface area contributed by atoms with Gasteiger partial charge in [-0.15, -0.1) is 0 Å². The molecule has 0 bridgehead atoms. The minimum absolute atomic E-state index is 0.0115. The Labute approximate surface area is 77.8 Å². The predicted octanol–water partition coefficient (Wildman–Crippen LogP) is 1.33. The molecule has 13 heavy (non-hydrogen) atoms. The highest BCUT2D eigenvalue weighted by molar-refractivity contribution is 5.94. The van der Waals surface area contributed by atoms with Crippen molar-refractivity contribution >= 4 is 11.8 Å². The summed E-state index contributed by atoms with van der Waals surface area (Å²) in [6.45, 7) is 3.69. The van der Waals surface area contributed by atoms with Gasteiger partial charge in [0, 0.05) is 6.42 Å². The first-order valence-electron chi connectivity index (χ1n) is 4.31. The van der Waals surface area contributed by atoms with E-state index in [0.717, 1.165) is 0 Å². The second kappa shape index (κ2) is 3.32. The van der Waals surface area contributed by atoms with Gasteiger partial charge in [-0.2, -0.15) is 0 Å². The summed E-state index contributed by atoms with van der Waals surface area (Å²) in [5.41, 5.74) is -0.636. The van der Waals surface area contributed by atoms with Crippen LogP contribution in [0.25, 0.3) is 0 Å². The summed E-state index contributed by atoms with van der Waals surface area (Å²) in [6, 6.07) is 0. The van der Waals surface area contributed by atoms with Crippen LogP contribution in [0.5, 0.6) is 0 Å². The molecule has 1 rings (SSSR count). The molecule has 1 aliphatic carbocycles. The van der Waals surface area contributed by atoms with Gasteiger partial charge in [-0.1, -0.05) is 13.0 Å². The molecule has 0 amide bonds. The molecule has 3 nitrogen and oxygen atoms in total. The van der Waals surface area contributed by atoms with Crippen LogP contribution in [0.4, 0.5) is 0 Å². The van der Waals surface area contributed by atoms with Crippen molar-refractivity contribution in [3.8, 4) is 0 Å². The molecule has 3 heteroatoms. The van der Waals surface area contributed by atoms with Crippen molar-refractivity contribution in [2.45, 2.75) is 20.3 Å². The molecule has 0 N–H and O–H groups in total. The minimum atomic E-state index is -0.636. The molecule has 0 spiro atoms. The van der Waals surface area contributed by atoms with E-state index in [1.54, 1.807) is 13.0 Å². The maximum Gasteiger partial charge on any atom is 0.315 e. The number of allylic oxidation sites excluding steroid dienone is 1. The number of ketones is 1. The van der Waals surface area contributed by atoms with Gasteiger partial charge in [-0.25, -0.2) is 0 Å². The molecule has 1 aliphatic rings. The molecular formula is C10H14O3. The van der Waals surface area contributed by atoms with Gasteiger partial charge in [0.25, 0.3) is 0 Å². The maximum atomic E-state index is 11.4. The monoisotopic (exact) mass is 182 g/mol. The van der Waals surface area contributed by atoms with E-state index in [4.69, 9.17) is 4.74 Å². The van der Waals surface area contributed by atoms with Crippen molar-refractivity contribution < 1.29 is 14.3 Å². The van der Waals surface area contributed by atoms with Crippen molar-refractivity contribution in [1.29, 1.82) is 0 Å². The molecule has 72 valence electrons. The lowest BCUT2D eigenvalue weighted by Crippen LogP contribution is -2.37. The quantitative estimate of drug-likeness (QED) is 0.574. The SMILES string of the molecule is COC(=O)[C@@]1(C)C=CC(=O)C[C@@H]1C. The highest BCUT2D eigenvalue weighted by atomic mass is 16.5. The van der Waals surface area contributed by atoms with Crippen molar-refractivity contribution in [3.63, 3.8) is 0 Å². The van der Waals surface area contributed by atoms with Crippen LogP contribution in [-0.4, -0.2) is 18.9 Å². The summed E-state index contributed by atoms with van der Waals surface area (Å²) in [4.78, 5) is 22.5. The molecule has 0 radical (unpaired) electrons. The van der Waals surface area contributed by atoms with Crippen LogP contribution in [0, 0.1) is 11.3 Å². The zero-order valence-corrected chi connectivity index (χ0v) is 8.16. The molecule has 0 saturated heterocycles. The average molecular weight is 182 g/mol. The first-order valence-corrected chi connectivity index (χ1v) is 4.31. The fourth-order valence-electron chi connectivity index (χ4n) is 1.50. The summed E-state index contributed by atoms with van der Waals surface area (Å²) in [5, 5.41) is 0. The summed E-state index contributed by atoms with van der Waals surface area (Å²) >= 11 is 0. The van der Waals surface area contributed by atoms with Gasteiger partial charge >= 0.3 is 5.97 Å². The van der Waals surface area contributed by atoms with E-state index in [1.807, 2.05) is 6.92 Å². The van der Waals surface area contributed by atoms with E-state index in [1.165, 1.54) is 13.2 Å². The molecular weight excluding hydrogens is 168 g/mol. The molecule has 0 unspecified atom stereocenters. The van der Waals surface area contributed by atoms with E-state index in [-0.39, 0.29) is 17.7 Å². The van der Waals surface area contributed by atoms with E-state index in [2.05, 4.69) is 0 Å². The molecule has 2 atom stereocenters. The molecule has 0 aromatic carbocycles. The van der Waals surface area contributed by atoms with Crippen LogP contribution in [0.2, 0.25) is 0 Å². The Balaban J connectivity index is 2.96. The fourth-order valence-corrected chi connectivity index (χ4v) is 1.50. The summed E-state index contributed by atoms with van der Waals surface area (Å²) < 4.78 is 4.70. The fraction of sp³-hybridized carbons (Fsp3) is 0.600. The Bertz CT molecular complexity index is 267. The number of carbonyl (C=O) groups is 2. The summed E-state index contributed by atoms with van der Waals surface area (Å²) in [5.74, 6) is -0.185. The van der Waals surface area contributed by atoms with Crippen LogP contribution in [0.3, 0.4) is 0 Å². The first kappa shape index (κ1) is 9.96. The topological polar surface area (TPSA) is 43.4 Å². The number of ether oxygens (including phenoxy) is 1. The summed E-state index contributed by atoms with van der Waals surface area (Å²) in [6.07, 6.45) is 3.54. The largest absolute Gasteiger partial charge is 0.468 e. The molecule has 0 saturated carbocycles. The van der Waals surface area contributed by atoms with Crippen LogP contribution in [0.1, 0.15) is 20.3 Å². The Morgan fingerprint density at radius 3 is 2.77 bits per heavy atom. The molecule has 0 heterocycles. The second-order valence-electron chi connectivity index (χ2n) is 3.68. The van der Waals surface area contributed by atoms with Crippen LogP contribution >= 0.6 is 0 Å². The van der Waals surface area contributed by atoms with Gasteiger partial charge in [0.05, 0.1) is 12.5 Å². The third kappa shape index (κ3) is 1.64. The van der Waals surface area contributed by atoms with E-state index >= 15 is 0 Å². The smallest absolute Gasteiger partial charge is 0.315 e. The summed E-state index contributed by atoms with van der Waals surface area (Å²) in [7, 11) is 1.37. The third-order valence-corrected chi connectivity index (χ3v) is 2.77. The van der Waals surface area contributed by atoms with Gasteiger partial charge < -0.3 is 4.74 Å². The lowest BCUT2D eigenvalue weighted by atomic mass is 9.72. The number of hydrogen-bond donors (Lipinski definition) is 0. The molecule has 0 fully saturated rings. The Hall–Kier alpha value is -1.12. The lowest BCUT2D eigenvalue weighted by molar-refractivity contribution is -0.152. The zero-order chi connectivity index (χ0) is 10.1. The van der Waals surface area contributed by atoms with Gasteiger partial charge in [-0.3, -0.25) is 9.59 Å². The van der Waals surface area contributed by atoms with Crippen LogP contribution in [-0.2, 0) is 14.3 Å². The Morgan fingerprint density at radius 2 is 2.31 bits per heavy atom. The van der Waals surface area contributed by atoms with E-state index < -0.39 is 5.41 Å². The molecule has 0 aromatic heterocycles. The normalized spacial score (nSPS) is 33.2. The average Bonchev–Trinajstić information content (AvgIpc) is 2.11. The first-order chi connectivity index (χ1) is 6.00. The number of rotatable bonds is 1. The zero-order valence-electron chi connectivity index (χ0n) is 8.16. The van der Waals surface area contributed by atoms with Crippen molar-refractivity contribution in [1.82, 2.24) is 0 Å². The highest BCUT2D eigenvalue weighted by Crippen LogP contribution is 2.35. The van der Waals surface area contributed by atoms with E-state index in [9.17, 15) is 9.59 Å². The predicted molar refractivity (Wildman–Crippen MR) is 48.1 cm³/mol. The van der Waals surface area contributed by atoms with Gasteiger partial charge in [-0.05, 0) is 18.9 Å². The van der Waals surface area contributed by atoms with Crippen molar-refractivity contribution in [2.75, 3.05) is 7.11 Å². The van der Waals surface area contributed by atoms with Gasteiger partial charge in [0.1, 0.15) is 0 Å². The number of methoxy groups -OCH3 is 1. The Kier molecular flexibility index (Phi) is 2.55. The standard InChI is InChI=1S/C10H14O3/c1-7-6-8(11)4-5-10(7,2)9(12)13-3/h4-5,7H,6H2,1-3H3/t7-,10-/m0/s1. The number of hydrogen-bond acceptors (Lipinski definition) is 3. The second-order valence-corrected chi connectivity index (χ2v) is 3.68. The molecule has 0 aliphatic heterocycles. The number of carbonyl (C=O) groups excluding carboxylic acids is 2. The van der Waals surface area contributed by atoms with Gasteiger partial charge in [0.2, 0.25) is 0 Å². The highest BCUT2D eigenvalue weighted by Gasteiger charge is 2.40. The van der Waals surface area contributed by atoms with E-state index in [0.29, 0.717) is 6.42 Å². The molecule has 0 aromatic rings. The lowest BCUT2D eigenvalue weighted by Gasteiger charge is -2.31. The van der Waals surface area contributed by atoms with Crippen LogP contribution < -0.4 is 0 Å². The third-order valence-electron chi connectivity index (χ3n) is 2.77. The van der Waals surface area contributed by atoms with Crippen molar-refractivity contribution in [2.24, 2.45) is 11.3 Å². The Morgan fingerprint density at radius 1 is 1.69 bits per heavy atom. The minimum Gasteiger partial charge on any atom is -0.468 e. The van der Waals surface area contributed by atoms with Crippen LogP contribution in [0.15, 0.2) is 12.2 Å². The van der Waals surface area contributed by atoms with Crippen molar-refractivity contribution in [3.05, 3.63) is 12.2 Å². The number of esters is 1. The van der Waals surface area contributed by atoms with Gasteiger partial charge in [0.15, 0.2) is 5.78 Å².